The smallest absolute Gasteiger partial charge is 0.234 e. The van der Waals surface area contributed by atoms with Crippen molar-refractivity contribution in [3.05, 3.63) is 0 Å². The summed E-state index contributed by atoms with van der Waals surface area (Å²) >= 11 is 0. The van der Waals surface area contributed by atoms with Crippen molar-refractivity contribution in [3.8, 4) is 0 Å². The third-order valence-corrected chi connectivity index (χ3v) is 3.30. The van der Waals surface area contributed by atoms with Crippen LogP contribution in [0.3, 0.4) is 0 Å². The summed E-state index contributed by atoms with van der Waals surface area (Å²) in [7, 11) is 1.92. The number of rotatable bonds is 6. The lowest BCUT2D eigenvalue weighted by atomic mass is 10.0. The van der Waals surface area contributed by atoms with Gasteiger partial charge in [0.25, 0.3) is 0 Å². The maximum absolute atomic E-state index is 11.7. The highest BCUT2D eigenvalue weighted by Crippen LogP contribution is 2.09. The quantitative estimate of drug-likeness (QED) is 0.709. The molecule has 0 rings (SSSR count). The van der Waals surface area contributed by atoms with Crippen molar-refractivity contribution in [2.24, 2.45) is 11.7 Å². The van der Waals surface area contributed by atoms with Gasteiger partial charge in [0, 0.05) is 18.1 Å². The minimum Gasteiger partial charge on any atom is -0.352 e. The Kier molecular flexibility index (Phi) is 5.97. The maximum atomic E-state index is 11.7. The molecule has 0 aromatic heterocycles. The largest absolute Gasteiger partial charge is 0.352 e. The lowest BCUT2D eigenvalue weighted by Gasteiger charge is -2.34. The fraction of sp³-hybridized carbons (Fsp3) is 0.917. The van der Waals surface area contributed by atoms with Gasteiger partial charge in [-0.3, -0.25) is 9.69 Å². The van der Waals surface area contributed by atoms with Gasteiger partial charge in [-0.05, 0) is 33.7 Å². The van der Waals surface area contributed by atoms with Gasteiger partial charge < -0.3 is 11.1 Å². The van der Waals surface area contributed by atoms with E-state index < -0.39 is 0 Å². The maximum Gasteiger partial charge on any atom is 0.234 e. The molecule has 0 heterocycles. The third-order valence-electron chi connectivity index (χ3n) is 3.30. The molecule has 0 fully saturated rings. The minimum absolute atomic E-state index is 0.0604. The van der Waals surface area contributed by atoms with Gasteiger partial charge in [-0.1, -0.05) is 13.8 Å². The topological polar surface area (TPSA) is 58.4 Å². The van der Waals surface area contributed by atoms with Gasteiger partial charge in [0.1, 0.15) is 0 Å². The van der Waals surface area contributed by atoms with Crippen LogP contribution in [0.5, 0.6) is 0 Å². The zero-order chi connectivity index (χ0) is 12.9. The predicted octanol–water partition coefficient (Wildman–Crippen LogP) is 0.816. The molecule has 0 bridgehead atoms. The van der Waals surface area contributed by atoms with Crippen molar-refractivity contribution in [1.82, 2.24) is 10.2 Å². The van der Waals surface area contributed by atoms with Crippen molar-refractivity contribution in [3.63, 3.8) is 0 Å². The fourth-order valence-corrected chi connectivity index (χ4v) is 1.05. The summed E-state index contributed by atoms with van der Waals surface area (Å²) in [5, 5.41) is 2.98. The number of nitrogens with one attached hydrogen (secondary N) is 1. The van der Waals surface area contributed by atoms with E-state index in [4.69, 9.17) is 5.73 Å². The summed E-state index contributed by atoms with van der Waals surface area (Å²) in [5.41, 5.74) is 5.52. The van der Waals surface area contributed by atoms with E-state index in [1.54, 1.807) is 0 Å². The predicted molar refractivity (Wildman–Crippen MR) is 68.2 cm³/mol. The normalized spacial score (nSPS) is 14.3. The molecule has 0 saturated carbocycles. The van der Waals surface area contributed by atoms with Crippen molar-refractivity contribution >= 4 is 5.91 Å². The highest BCUT2D eigenvalue weighted by Gasteiger charge is 2.23. The SMILES string of the molecule is CC(C)C(C)NC(=O)CN(C)C(C)(C)CN. The first kappa shape index (κ1) is 15.4. The molecule has 16 heavy (non-hydrogen) atoms. The van der Waals surface area contributed by atoms with Crippen molar-refractivity contribution in [1.29, 1.82) is 0 Å². The first-order valence-corrected chi connectivity index (χ1v) is 5.91. The van der Waals surface area contributed by atoms with Crippen molar-refractivity contribution in [2.75, 3.05) is 20.1 Å². The zero-order valence-corrected chi connectivity index (χ0v) is 11.5. The molecule has 0 aliphatic rings. The van der Waals surface area contributed by atoms with E-state index in [2.05, 4.69) is 19.2 Å². The number of nitrogens with two attached hydrogens (primary N) is 1. The van der Waals surface area contributed by atoms with E-state index in [9.17, 15) is 4.79 Å². The fourth-order valence-electron chi connectivity index (χ4n) is 1.05. The van der Waals surface area contributed by atoms with Crippen LogP contribution in [0, 0.1) is 5.92 Å². The molecule has 1 atom stereocenters. The number of hydrogen-bond acceptors (Lipinski definition) is 3. The van der Waals surface area contributed by atoms with Crippen LogP contribution >= 0.6 is 0 Å². The highest BCUT2D eigenvalue weighted by molar-refractivity contribution is 5.78. The highest BCUT2D eigenvalue weighted by atomic mass is 16.2. The average Bonchev–Trinajstić information content (AvgIpc) is 2.17. The van der Waals surface area contributed by atoms with E-state index in [1.165, 1.54) is 0 Å². The summed E-state index contributed by atoms with van der Waals surface area (Å²) in [6.07, 6.45) is 0. The Bertz CT molecular complexity index is 226. The number of carbonyl (C=O) groups excluding carboxylic acids is 1. The Morgan fingerprint density at radius 3 is 2.25 bits per heavy atom. The molecule has 4 nitrogen and oxygen atoms in total. The second-order valence-electron chi connectivity index (χ2n) is 5.47. The summed E-state index contributed by atoms with van der Waals surface area (Å²) < 4.78 is 0. The Balaban J connectivity index is 4.15. The minimum atomic E-state index is -0.140. The number of carbonyl (C=O) groups is 1. The Morgan fingerprint density at radius 2 is 1.88 bits per heavy atom. The number of nitrogens with zero attached hydrogens (tertiary/aromatic N) is 1. The first-order valence-electron chi connectivity index (χ1n) is 5.91. The Labute approximate surface area is 99.6 Å². The second-order valence-corrected chi connectivity index (χ2v) is 5.47. The van der Waals surface area contributed by atoms with E-state index in [0.717, 1.165) is 0 Å². The molecule has 0 spiro atoms. The van der Waals surface area contributed by atoms with Gasteiger partial charge in [-0.2, -0.15) is 0 Å². The number of amides is 1. The molecule has 0 aromatic rings. The van der Waals surface area contributed by atoms with Gasteiger partial charge in [-0.15, -0.1) is 0 Å². The van der Waals surface area contributed by atoms with Crippen LogP contribution in [0.1, 0.15) is 34.6 Å². The van der Waals surface area contributed by atoms with Crippen LogP contribution in [0.4, 0.5) is 0 Å². The molecule has 96 valence electrons. The van der Waals surface area contributed by atoms with Crippen LogP contribution in [-0.2, 0) is 4.79 Å². The van der Waals surface area contributed by atoms with Gasteiger partial charge in [0.05, 0.1) is 6.54 Å². The molecular formula is C12H27N3O. The molecule has 4 heteroatoms. The second kappa shape index (κ2) is 6.21. The summed E-state index contributed by atoms with van der Waals surface area (Å²) in [4.78, 5) is 13.7. The van der Waals surface area contributed by atoms with E-state index >= 15 is 0 Å². The molecule has 0 saturated heterocycles. The van der Waals surface area contributed by atoms with Gasteiger partial charge in [0.15, 0.2) is 0 Å². The van der Waals surface area contributed by atoms with Gasteiger partial charge in [0.2, 0.25) is 5.91 Å². The Hall–Kier alpha value is -0.610. The van der Waals surface area contributed by atoms with Crippen LogP contribution < -0.4 is 11.1 Å². The molecule has 3 N–H and O–H groups in total. The summed E-state index contributed by atoms with van der Waals surface area (Å²) in [6.45, 7) is 11.2. The van der Waals surface area contributed by atoms with E-state index in [0.29, 0.717) is 19.0 Å². The number of hydrogen-bond donors (Lipinski definition) is 2. The van der Waals surface area contributed by atoms with E-state index in [-0.39, 0.29) is 17.5 Å². The summed E-state index contributed by atoms with van der Waals surface area (Å²) in [6, 6.07) is 0.210. The third kappa shape index (κ3) is 4.94. The van der Waals surface area contributed by atoms with Crippen LogP contribution in [-0.4, -0.2) is 42.5 Å². The molecule has 0 radical (unpaired) electrons. The average molecular weight is 229 g/mol. The monoisotopic (exact) mass is 229 g/mol. The first-order chi connectivity index (χ1) is 7.20. The lowest BCUT2D eigenvalue weighted by Crippen LogP contribution is -2.51. The van der Waals surface area contributed by atoms with Crippen LogP contribution in [0.25, 0.3) is 0 Å². The standard InChI is InChI=1S/C12H27N3O/c1-9(2)10(3)14-11(16)7-15(6)12(4,5)8-13/h9-10H,7-8,13H2,1-6H3,(H,14,16). The van der Waals surface area contributed by atoms with Crippen molar-refractivity contribution in [2.45, 2.75) is 46.2 Å². The molecule has 1 unspecified atom stereocenters. The van der Waals surface area contributed by atoms with Crippen molar-refractivity contribution < 1.29 is 4.79 Å². The van der Waals surface area contributed by atoms with Crippen LogP contribution in [0.2, 0.25) is 0 Å². The molecule has 0 aromatic carbocycles. The Morgan fingerprint density at radius 1 is 1.38 bits per heavy atom. The van der Waals surface area contributed by atoms with Crippen LogP contribution in [0.15, 0.2) is 0 Å². The number of likely N-dealkylation sites (N-methyl/N-ethyl adjacent to an activating group) is 1. The summed E-state index contributed by atoms with van der Waals surface area (Å²) in [5.74, 6) is 0.516. The lowest BCUT2D eigenvalue weighted by molar-refractivity contribution is -0.123. The zero-order valence-electron chi connectivity index (χ0n) is 11.5. The molecule has 0 aliphatic heterocycles. The molecular weight excluding hydrogens is 202 g/mol. The van der Waals surface area contributed by atoms with Gasteiger partial charge in [-0.25, -0.2) is 0 Å². The van der Waals surface area contributed by atoms with E-state index in [1.807, 2.05) is 32.7 Å². The molecule has 1 amide bonds. The molecule has 0 aliphatic carbocycles. The van der Waals surface area contributed by atoms with Gasteiger partial charge >= 0.3 is 0 Å².